The molecule has 32 heavy (non-hydrogen) atoms. The monoisotopic (exact) mass is 460 g/mol. The number of hydrogen-bond donors (Lipinski definition) is 0. The Labute approximate surface area is 197 Å². The van der Waals surface area contributed by atoms with E-state index in [4.69, 9.17) is 18.6 Å². The van der Waals surface area contributed by atoms with Crippen LogP contribution in [0.5, 0.6) is 5.75 Å². The highest BCUT2D eigenvalue weighted by Crippen LogP contribution is 2.51. The van der Waals surface area contributed by atoms with Crippen LogP contribution in [-0.2, 0) is 20.3 Å². The smallest absolute Gasteiger partial charge is 0.250 e. The molecule has 1 atom stereocenters. The summed E-state index contributed by atoms with van der Waals surface area (Å²) in [7, 11) is 3.10. The number of hydrogen-bond acceptors (Lipinski definition) is 4. The van der Waals surface area contributed by atoms with Crippen LogP contribution in [0.2, 0.25) is 18.1 Å². The summed E-state index contributed by atoms with van der Waals surface area (Å²) in [4.78, 5) is 0. The fourth-order valence-corrected chi connectivity index (χ4v) is 5.40. The Bertz CT molecular complexity index is 857. The normalized spacial score (nSPS) is 19.5. The first-order valence-electron chi connectivity index (χ1n) is 11.5. The SMILES string of the molecule is C=C1C(C)=C(O[Si](C)(C)C(C)(C)C)C[C@@H](Cc2c(OC)cccc2C(OC)OC)C1(C)C. The Morgan fingerprint density at radius 3 is 2.22 bits per heavy atom. The van der Waals surface area contributed by atoms with Crippen LogP contribution < -0.4 is 4.74 Å². The van der Waals surface area contributed by atoms with Crippen molar-refractivity contribution in [1.82, 2.24) is 0 Å². The maximum atomic E-state index is 6.84. The van der Waals surface area contributed by atoms with E-state index in [9.17, 15) is 0 Å². The van der Waals surface area contributed by atoms with Gasteiger partial charge in [-0.05, 0) is 60.0 Å². The number of benzene rings is 1. The lowest BCUT2D eigenvalue weighted by atomic mass is 9.64. The lowest BCUT2D eigenvalue weighted by Gasteiger charge is -2.45. The van der Waals surface area contributed by atoms with Gasteiger partial charge in [0, 0.05) is 31.8 Å². The highest BCUT2D eigenvalue weighted by molar-refractivity contribution is 6.74. The van der Waals surface area contributed by atoms with Crippen LogP contribution >= 0.6 is 0 Å². The third-order valence-electron chi connectivity index (χ3n) is 7.81. The van der Waals surface area contributed by atoms with Gasteiger partial charge in [-0.2, -0.15) is 0 Å². The fraction of sp³-hybridized carbons (Fsp3) is 0.630. The van der Waals surface area contributed by atoms with Crippen LogP contribution in [0.25, 0.3) is 0 Å². The first-order chi connectivity index (χ1) is 14.7. The molecule has 0 bridgehead atoms. The van der Waals surface area contributed by atoms with Crippen LogP contribution in [0.3, 0.4) is 0 Å². The summed E-state index contributed by atoms with van der Waals surface area (Å²) in [5, 5.41) is 0.143. The molecule has 0 fully saturated rings. The van der Waals surface area contributed by atoms with Crippen molar-refractivity contribution in [3.05, 3.63) is 52.8 Å². The largest absolute Gasteiger partial charge is 0.546 e. The minimum atomic E-state index is -1.95. The third-order valence-corrected chi connectivity index (χ3v) is 12.2. The van der Waals surface area contributed by atoms with Gasteiger partial charge in [0.25, 0.3) is 0 Å². The lowest BCUT2D eigenvalue weighted by Crippen LogP contribution is -2.42. The van der Waals surface area contributed by atoms with Crippen LogP contribution in [0.4, 0.5) is 0 Å². The van der Waals surface area contributed by atoms with Crippen molar-refractivity contribution in [1.29, 1.82) is 0 Å². The second-order valence-electron chi connectivity index (χ2n) is 11.0. The highest BCUT2D eigenvalue weighted by Gasteiger charge is 2.44. The molecule has 1 aromatic carbocycles. The van der Waals surface area contributed by atoms with E-state index < -0.39 is 14.6 Å². The first kappa shape index (κ1) is 26.7. The van der Waals surface area contributed by atoms with Gasteiger partial charge >= 0.3 is 0 Å². The third kappa shape index (κ3) is 5.16. The molecule has 180 valence electrons. The Morgan fingerprint density at radius 1 is 1.12 bits per heavy atom. The second-order valence-corrected chi connectivity index (χ2v) is 15.8. The van der Waals surface area contributed by atoms with Crippen LogP contribution in [0.1, 0.15) is 65.4 Å². The van der Waals surface area contributed by atoms with Gasteiger partial charge in [0.1, 0.15) is 5.75 Å². The fourth-order valence-electron chi connectivity index (χ4n) is 4.25. The van der Waals surface area contributed by atoms with Gasteiger partial charge in [0.05, 0.1) is 12.9 Å². The molecule has 0 aliphatic heterocycles. The Morgan fingerprint density at radius 2 is 1.72 bits per heavy atom. The summed E-state index contributed by atoms with van der Waals surface area (Å²) >= 11 is 0. The maximum absolute atomic E-state index is 6.84. The van der Waals surface area contributed by atoms with E-state index in [0.717, 1.165) is 41.1 Å². The maximum Gasteiger partial charge on any atom is 0.250 e. The van der Waals surface area contributed by atoms with Crippen molar-refractivity contribution in [3.63, 3.8) is 0 Å². The lowest BCUT2D eigenvalue weighted by molar-refractivity contribution is -0.106. The molecular formula is C27H44O4Si. The van der Waals surface area contributed by atoms with E-state index in [-0.39, 0.29) is 10.5 Å². The molecule has 0 radical (unpaired) electrons. The van der Waals surface area contributed by atoms with Crippen molar-refractivity contribution in [3.8, 4) is 5.75 Å². The number of allylic oxidation sites excluding steroid dienone is 3. The molecule has 1 aliphatic rings. The molecule has 0 N–H and O–H groups in total. The van der Waals surface area contributed by atoms with Gasteiger partial charge in [0.15, 0.2) is 6.29 Å². The van der Waals surface area contributed by atoms with Crippen molar-refractivity contribution < 1.29 is 18.6 Å². The topological polar surface area (TPSA) is 36.9 Å². The summed E-state index contributed by atoms with van der Waals surface area (Å²) in [5.41, 5.74) is 4.43. The summed E-state index contributed by atoms with van der Waals surface area (Å²) in [6.07, 6.45) is 1.27. The number of methoxy groups -OCH3 is 3. The summed E-state index contributed by atoms with van der Waals surface area (Å²) in [6, 6.07) is 6.07. The predicted molar refractivity (Wildman–Crippen MR) is 135 cm³/mol. The average molecular weight is 461 g/mol. The standard InChI is InChI=1S/C27H44O4Si/c1-18-19(2)27(6,7)20(17-24(18)31-32(11,12)26(3,4)5)16-22-21(25(29-9)30-10)14-13-15-23(22)28-8/h13-15,20,25H,2,16-17H2,1,3-12H3/t20-/m1/s1. The minimum absolute atomic E-state index is 0.0713. The first-order valence-corrected chi connectivity index (χ1v) is 14.4. The van der Waals surface area contributed by atoms with Crippen molar-refractivity contribution >= 4 is 8.32 Å². The zero-order chi connectivity index (χ0) is 24.5. The van der Waals surface area contributed by atoms with E-state index in [0.29, 0.717) is 5.92 Å². The summed E-state index contributed by atoms with van der Waals surface area (Å²) in [5.74, 6) is 2.28. The van der Waals surface area contributed by atoms with E-state index in [1.165, 1.54) is 5.57 Å². The molecule has 5 heteroatoms. The van der Waals surface area contributed by atoms with Crippen molar-refractivity contribution in [2.45, 2.75) is 78.8 Å². The van der Waals surface area contributed by atoms with E-state index in [1.807, 2.05) is 12.1 Å². The Kier molecular flexibility index (Phi) is 8.12. The van der Waals surface area contributed by atoms with Crippen molar-refractivity contribution in [2.75, 3.05) is 21.3 Å². The Hall–Kier alpha value is -1.56. The van der Waals surface area contributed by atoms with Gasteiger partial charge < -0.3 is 18.6 Å². The molecule has 0 unspecified atom stereocenters. The molecule has 0 aromatic heterocycles. The van der Waals surface area contributed by atoms with E-state index in [1.54, 1.807) is 21.3 Å². The van der Waals surface area contributed by atoms with Gasteiger partial charge in [-0.25, -0.2) is 0 Å². The molecule has 0 saturated carbocycles. The van der Waals surface area contributed by atoms with Gasteiger partial charge in [-0.15, -0.1) is 0 Å². The molecule has 0 spiro atoms. The van der Waals surface area contributed by atoms with Gasteiger partial charge in [-0.1, -0.05) is 53.3 Å². The number of ether oxygens (including phenoxy) is 3. The van der Waals surface area contributed by atoms with Crippen LogP contribution in [0, 0.1) is 11.3 Å². The zero-order valence-electron chi connectivity index (χ0n) is 22.1. The van der Waals surface area contributed by atoms with Crippen molar-refractivity contribution in [2.24, 2.45) is 11.3 Å². The summed E-state index contributed by atoms with van der Waals surface area (Å²) in [6.45, 7) is 22.7. The molecular weight excluding hydrogens is 416 g/mol. The molecule has 0 amide bonds. The predicted octanol–water partition coefficient (Wildman–Crippen LogP) is 7.43. The zero-order valence-corrected chi connectivity index (χ0v) is 23.1. The van der Waals surface area contributed by atoms with Gasteiger partial charge in [0.2, 0.25) is 8.32 Å². The highest BCUT2D eigenvalue weighted by atomic mass is 28.4. The Balaban J connectivity index is 2.50. The minimum Gasteiger partial charge on any atom is -0.546 e. The average Bonchev–Trinajstić information content (AvgIpc) is 2.71. The number of rotatable bonds is 8. The van der Waals surface area contributed by atoms with E-state index >= 15 is 0 Å². The molecule has 1 aliphatic carbocycles. The molecule has 2 rings (SSSR count). The summed E-state index contributed by atoms with van der Waals surface area (Å²) < 4.78 is 23.8. The quantitative estimate of drug-likeness (QED) is 0.299. The van der Waals surface area contributed by atoms with E-state index in [2.05, 4.69) is 67.3 Å². The molecule has 0 heterocycles. The van der Waals surface area contributed by atoms with Crippen LogP contribution in [0.15, 0.2) is 41.7 Å². The van der Waals surface area contributed by atoms with Crippen LogP contribution in [-0.4, -0.2) is 29.6 Å². The van der Waals surface area contributed by atoms with Gasteiger partial charge in [-0.3, -0.25) is 0 Å². The molecule has 0 saturated heterocycles. The second kappa shape index (κ2) is 9.74. The molecule has 4 nitrogen and oxygen atoms in total. The molecule has 1 aromatic rings.